The molecule has 0 aliphatic heterocycles. The van der Waals surface area contributed by atoms with Crippen LogP contribution < -0.4 is 10.5 Å². The summed E-state index contributed by atoms with van der Waals surface area (Å²) in [5, 5.41) is 3.66. The molecule has 0 unspecified atom stereocenters. The van der Waals surface area contributed by atoms with Crippen LogP contribution in [0, 0.1) is 0 Å². The van der Waals surface area contributed by atoms with E-state index in [0.29, 0.717) is 25.5 Å². The number of hydrogen-bond acceptors (Lipinski definition) is 6. The molecular formula is C18H14F6N4O2. The molecule has 0 radical (unpaired) electrons. The van der Waals surface area contributed by atoms with E-state index in [0.717, 1.165) is 12.1 Å². The summed E-state index contributed by atoms with van der Waals surface area (Å²) < 4.78 is 89.2. The van der Waals surface area contributed by atoms with Gasteiger partial charge in [0.15, 0.2) is 5.60 Å². The second-order valence-corrected chi connectivity index (χ2v) is 6.68. The number of aromatic nitrogens is 3. The molecule has 0 amide bonds. The van der Waals surface area contributed by atoms with Crippen LogP contribution in [0.1, 0.15) is 19.4 Å². The first kappa shape index (κ1) is 21.4. The molecule has 3 aromatic rings. The van der Waals surface area contributed by atoms with Crippen molar-refractivity contribution in [2.24, 2.45) is 0 Å². The van der Waals surface area contributed by atoms with Gasteiger partial charge in [-0.1, -0.05) is 5.16 Å². The van der Waals surface area contributed by atoms with Gasteiger partial charge in [-0.25, -0.2) is 4.98 Å². The van der Waals surface area contributed by atoms with Crippen molar-refractivity contribution in [3.05, 3.63) is 42.1 Å². The van der Waals surface area contributed by atoms with Crippen LogP contribution in [-0.4, -0.2) is 26.9 Å². The third kappa shape index (κ3) is 4.16. The SMILES string of the molecule is CC(C)(Oc1ccc(-c2nc(-c3cccnc3N)no2)cc1C(F)(F)F)C(F)(F)F. The van der Waals surface area contributed by atoms with Gasteiger partial charge in [-0.2, -0.15) is 31.3 Å². The molecule has 3 rings (SSSR count). The van der Waals surface area contributed by atoms with Crippen molar-refractivity contribution in [3.63, 3.8) is 0 Å². The molecule has 0 bridgehead atoms. The summed E-state index contributed by atoms with van der Waals surface area (Å²) in [6.07, 6.45) is -8.46. The molecule has 1 aromatic carbocycles. The molecule has 6 nitrogen and oxygen atoms in total. The molecule has 2 aromatic heterocycles. The van der Waals surface area contributed by atoms with Gasteiger partial charge in [0.25, 0.3) is 5.89 Å². The highest BCUT2D eigenvalue weighted by molar-refractivity contribution is 5.69. The average Bonchev–Trinajstić information content (AvgIpc) is 3.10. The average molecular weight is 432 g/mol. The monoisotopic (exact) mass is 432 g/mol. The first-order valence-electron chi connectivity index (χ1n) is 8.31. The van der Waals surface area contributed by atoms with E-state index in [4.69, 9.17) is 10.3 Å². The molecule has 0 saturated heterocycles. The lowest BCUT2D eigenvalue weighted by Crippen LogP contribution is -2.44. The number of hydrogen-bond donors (Lipinski definition) is 1. The normalized spacial score (nSPS) is 12.8. The topological polar surface area (TPSA) is 87.1 Å². The first-order valence-corrected chi connectivity index (χ1v) is 8.31. The summed E-state index contributed by atoms with van der Waals surface area (Å²) in [7, 11) is 0. The molecule has 2 N–H and O–H groups in total. The molecule has 0 aliphatic carbocycles. The van der Waals surface area contributed by atoms with Crippen LogP contribution in [0.25, 0.3) is 22.8 Å². The highest BCUT2D eigenvalue weighted by atomic mass is 19.4. The summed E-state index contributed by atoms with van der Waals surface area (Å²) in [6, 6.07) is 5.52. The van der Waals surface area contributed by atoms with Crippen LogP contribution in [0.5, 0.6) is 5.75 Å². The molecule has 12 heteroatoms. The van der Waals surface area contributed by atoms with Crippen LogP contribution in [0.4, 0.5) is 32.2 Å². The van der Waals surface area contributed by atoms with Crippen LogP contribution in [0.15, 0.2) is 41.1 Å². The number of halogens is 6. The lowest BCUT2D eigenvalue weighted by molar-refractivity contribution is -0.236. The fourth-order valence-corrected chi connectivity index (χ4v) is 2.36. The van der Waals surface area contributed by atoms with Crippen LogP contribution in [0.3, 0.4) is 0 Å². The van der Waals surface area contributed by atoms with Gasteiger partial charge in [0.2, 0.25) is 5.82 Å². The van der Waals surface area contributed by atoms with Crippen molar-refractivity contribution in [2.45, 2.75) is 31.8 Å². The fourth-order valence-electron chi connectivity index (χ4n) is 2.36. The van der Waals surface area contributed by atoms with E-state index in [9.17, 15) is 26.3 Å². The number of nitrogens with two attached hydrogens (primary N) is 1. The zero-order chi connectivity index (χ0) is 22.3. The number of rotatable bonds is 4. The van der Waals surface area contributed by atoms with E-state index in [-0.39, 0.29) is 23.1 Å². The fraction of sp³-hybridized carbons (Fsp3) is 0.278. The molecule has 0 spiro atoms. The molecule has 0 atom stereocenters. The van der Waals surface area contributed by atoms with E-state index >= 15 is 0 Å². The standard InChI is InChI=1S/C18H14F6N4O2/c1-16(2,18(22,23)24)29-12-6-5-9(8-11(12)17(19,20)21)15-27-14(28-30-15)10-4-3-7-26-13(10)25/h3-8H,1-2H3,(H2,25,26). The Hall–Kier alpha value is -3.31. The van der Waals surface area contributed by atoms with Crippen molar-refractivity contribution < 1.29 is 35.6 Å². The van der Waals surface area contributed by atoms with E-state index in [1.807, 2.05) is 0 Å². The van der Waals surface area contributed by atoms with Crippen LogP contribution in [-0.2, 0) is 6.18 Å². The molecule has 2 heterocycles. The lowest BCUT2D eigenvalue weighted by Gasteiger charge is -2.30. The van der Waals surface area contributed by atoms with E-state index in [1.165, 1.54) is 12.3 Å². The molecule has 0 saturated carbocycles. The Morgan fingerprint density at radius 1 is 1.03 bits per heavy atom. The van der Waals surface area contributed by atoms with E-state index in [1.54, 1.807) is 6.07 Å². The van der Waals surface area contributed by atoms with E-state index in [2.05, 4.69) is 19.9 Å². The minimum Gasteiger partial charge on any atom is -0.478 e. The summed E-state index contributed by atoms with van der Waals surface area (Å²) >= 11 is 0. The van der Waals surface area contributed by atoms with Gasteiger partial charge in [0.05, 0.1) is 11.1 Å². The van der Waals surface area contributed by atoms with Gasteiger partial charge in [0, 0.05) is 11.8 Å². The Kier molecular flexibility index (Phi) is 5.12. The summed E-state index contributed by atoms with van der Waals surface area (Å²) in [5.74, 6) is -1.20. The molecule has 0 fully saturated rings. The Bertz CT molecular complexity index is 1060. The summed E-state index contributed by atoms with van der Waals surface area (Å²) in [6.45, 7) is 1.26. The summed E-state index contributed by atoms with van der Waals surface area (Å²) in [5.41, 5.74) is 1.58. The van der Waals surface area contributed by atoms with Gasteiger partial charge >= 0.3 is 12.4 Å². The van der Waals surface area contributed by atoms with Crippen molar-refractivity contribution in [1.82, 2.24) is 15.1 Å². The largest absolute Gasteiger partial charge is 0.478 e. The number of ether oxygens (including phenoxy) is 1. The van der Waals surface area contributed by atoms with Gasteiger partial charge in [-0.15, -0.1) is 0 Å². The number of anilines is 1. The lowest BCUT2D eigenvalue weighted by atomic mass is 10.1. The van der Waals surface area contributed by atoms with E-state index < -0.39 is 29.3 Å². The Labute approximate surface area is 165 Å². The van der Waals surface area contributed by atoms with Crippen molar-refractivity contribution in [2.75, 3.05) is 5.73 Å². The molecule has 0 aliphatic rings. The van der Waals surface area contributed by atoms with Crippen LogP contribution >= 0.6 is 0 Å². The Morgan fingerprint density at radius 3 is 2.33 bits per heavy atom. The molecule has 160 valence electrons. The molecular weight excluding hydrogens is 418 g/mol. The predicted octanol–water partition coefficient (Wildman–Crippen LogP) is 5.12. The van der Waals surface area contributed by atoms with Gasteiger partial charge in [-0.3, -0.25) is 0 Å². The first-order chi connectivity index (χ1) is 13.8. The highest BCUT2D eigenvalue weighted by Gasteiger charge is 2.51. The third-order valence-electron chi connectivity index (χ3n) is 4.09. The quantitative estimate of drug-likeness (QED) is 0.576. The van der Waals surface area contributed by atoms with Crippen molar-refractivity contribution in [1.29, 1.82) is 0 Å². The zero-order valence-electron chi connectivity index (χ0n) is 15.5. The second-order valence-electron chi connectivity index (χ2n) is 6.68. The maximum Gasteiger partial charge on any atom is 0.427 e. The number of alkyl halides is 6. The number of benzene rings is 1. The maximum atomic E-state index is 13.5. The van der Waals surface area contributed by atoms with Crippen molar-refractivity contribution >= 4 is 5.82 Å². The highest BCUT2D eigenvalue weighted by Crippen LogP contribution is 2.42. The van der Waals surface area contributed by atoms with Crippen LogP contribution in [0.2, 0.25) is 0 Å². The predicted molar refractivity (Wildman–Crippen MR) is 93.1 cm³/mol. The zero-order valence-corrected chi connectivity index (χ0v) is 15.5. The van der Waals surface area contributed by atoms with Gasteiger partial charge in [0.1, 0.15) is 11.6 Å². The minimum absolute atomic E-state index is 0.0114. The Morgan fingerprint density at radius 2 is 1.73 bits per heavy atom. The maximum absolute atomic E-state index is 13.5. The smallest absolute Gasteiger partial charge is 0.427 e. The van der Waals surface area contributed by atoms with Crippen molar-refractivity contribution in [3.8, 4) is 28.6 Å². The number of pyridine rings is 1. The molecule has 30 heavy (non-hydrogen) atoms. The Balaban J connectivity index is 2.02. The third-order valence-corrected chi connectivity index (χ3v) is 4.09. The van der Waals surface area contributed by atoms with Gasteiger partial charge < -0.3 is 15.0 Å². The number of nitrogens with zero attached hydrogens (tertiary/aromatic N) is 3. The second kappa shape index (κ2) is 7.18. The minimum atomic E-state index is -5.00. The number of nitrogen functional groups attached to an aromatic ring is 1. The summed E-state index contributed by atoms with van der Waals surface area (Å²) in [4.78, 5) is 7.84. The van der Waals surface area contributed by atoms with Gasteiger partial charge in [-0.05, 0) is 44.2 Å².